The molecule has 0 amide bonds. The van der Waals surface area contributed by atoms with Gasteiger partial charge in [0.05, 0.1) is 17.1 Å². The van der Waals surface area contributed by atoms with E-state index >= 15 is 0 Å². The summed E-state index contributed by atoms with van der Waals surface area (Å²) in [5.74, 6) is 0. The first-order valence-electron chi connectivity index (χ1n) is 14.5. The average Bonchev–Trinajstić information content (AvgIpc) is 2.93. The van der Waals surface area contributed by atoms with Crippen LogP contribution in [0.1, 0.15) is 95.4 Å². The highest BCUT2D eigenvalue weighted by Crippen LogP contribution is 2.29. The van der Waals surface area contributed by atoms with Crippen molar-refractivity contribution in [2.75, 3.05) is 0 Å². The van der Waals surface area contributed by atoms with Gasteiger partial charge in [-0.3, -0.25) is 9.98 Å². The van der Waals surface area contributed by atoms with E-state index in [1.54, 1.807) is 5.56 Å². The van der Waals surface area contributed by atoms with Gasteiger partial charge in [0.15, 0.2) is 0 Å². The van der Waals surface area contributed by atoms with Gasteiger partial charge in [0, 0.05) is 6.21 Å². The summed E-state index contributed by atoms with van der Waals surface area (Å²) in [6, 6.07) is 21.8. The minimum absolute atomic E-state index is 0.917. The third-order valence-corrected chi connectivity index (χ3v) is 7.15. The fraction of sp³-hybridized carbons (Fsp3) is 0.429. The van der Waals surface area contributed by atoms with Crippen LogP contribution >= 0.6 is 0 Å². The molecule has 0 fully saturated rings. The molecule has 0 radical (unpaired) electrons. The van der Waals surface area contributed by atoms with E-state index in [4.69, 9.17) is 9.98 Å². The molecule has 2 nitrogen and oxygen atoms in total. The van der Waals surface area contributed by atoms with Crippen molar-refractivity contribution in [3.8, 4) is 11.1 Å². The van der Waals surface area contributed by atoms with Crippen molar-refractivity contribution in [1.29, 1.82) is 0 Å². The SMILES string of the molecule is CCCCCCc1c(CC)cc(N=CC(C)=Nc2ccc(CC)c(-c3ccccc3)c2)cc1CCCC. The molecule has 3 rings (SSSR count). The van der Waals surface area contributed by atoms with Crippen LogP contribution in [0, 0.1) is 0 Å². The predicted molar refractivity (Wildman–Crippen MR) is 164 cm³/mol. The van der Waals surface area contributed by atoms with Gasteiger partial charge in [-0.25, -0.2) is 0 Å². The van der Waals surface area contributed by atoms with E-state index in [9.17, 15) is 0 Å². The van der Waals surface area contributed by atoms with Crippen LogP contribution in [0.25, 0.3) is 11.1 Å². The maximum absolute atomic E-state index is 4.89. The van der Waals surface area contributed by atoms with Gasteiger partial charge in [0.2, 0.25) is 0 Å². The summed E-state index contributed by atoms with van der Waals surface area (Å²) in [7, 11) is 0. The molecule has 0 saturated carbocycles. The molecule has 0 aromatic heterocycles. The Morgan fingerprint density at radius 1 is 0.676 bits per heavy atom. The van der Waals surface area contributed by atoms with Crippen molar-refractivity contribution in [3.05, 3.63) is 82.9 Å². The lowest BCUT2D eigenvalue weighted by molar-refractivity contribution is 0.660. The fourth-order valence-electron chi connectivity index (χ4n) is 5.04. The molecule has 2 heteroatoms. The quantitative estimate of drug-likeness (QED) is 0.157. The van der Waals surface area contributed by atoms with Gasteiger partial charge in [0.1, 0.15) is 0 Å². The number of aryl methyl sites for hydroxylation is 3. The van der Waals surface area contributed by atoms with Gasteiger partial charge in [0.25, 0.3) is 0 Å². The van der Waals surface area contributed by atoms with Crippen LogP contribution in [0.5, 0.6) is 0 Å². The molecule has 3 aromatic carbocycles. The molecule has 0 spiro atoms. The maximum Gasteiger partial charge on any atom is 0.0639 e. The second-order valence-corrected chi connectivity index (χ2v) is 10.1. The molecular weight excluding hydrogens is 448 g/mol. The minimum atomic E-state index is 0.917. The topological polar surface area (TPSA) is 24.7 Å². The molecular formula is C35H46N2. The van der Waals surface area contributed by atoms with E-state index in [2.05, 4.69) is 88.4 Å². The number of unbranched alkanes of at least 4 members (excludes halogenated alkanes) is 4. The van der Waals surface area contributed by atoms with Gasteiger partial charge in [-0.15, -0.1) is 0 Å². The van der Waals surface area contributed by atoms with Crippen molar-refractivity contribution in [2.45, 2.75) is 98.8 Å². The highest BCUT2D eigenvalue weighted by atomic mass is 14.8. The lowest BCUT2D eigenvalue weighted by atomic mass is 9.91. The van der Waals surface area contributed by atoms with Gasteiger partial charge in [-0.05, 0) is 103 Å². The van der Waals surface area contributed by atoms with Crippen LogP contribution in [0.2, 0.25) is 0 Å². The standard InChI is InChI=1S/C35H46N2/c1-6-10-12-16-20-34-29(9-4)23-33(24-31(34)17-11-7-2)36-26-27(5)37-32-22-21-28(8-3)35(25-32)30-18-14-13-15-19-30/h13-15,18-19,21-26H,6-12,16-17,20H2,1-5H3. The van der Waals surface area contributed by atoms with Gasteiger partial charge in [-0.1, -0.05) is 89.8 Å². The summed E-state index contributed by atoms with van der Waals surface area (Å²) < 4.78 is 0. The first-order chi connectivity index (χ1) is 18.1. The number of rotatable bonds is 14. The van der Waals surface area contributed by atoms with Crippen LogP contribution in [0.3, 0.4) is 0 Å². The van der Waals surface area contributed by atoms with Crippen LogP contribution in [0.15, 0.2) is 70.6 Å². The third-order valence-electron chi connectivity index (χ3n) is 7.15. The van der Waals surface area contributed by atoms with E-state index in [-0.39, 0.29) is 0 Å². The molecule has 0 atom stereocenters. The molecule has 0 bridgehead atoms. The molecule has 0 N–H and O–H groups in total. The molecule has 0 aliphatic rings. The lowest BCUT2D eigenvalue weighted by Crippen LogP contribution is -2.01. The van der Waals surface area contributed by atoms with E-state index in [0.717, 1.165) is 36.3 Å². The Balaban J connectivity index is 1.85. The zero-order valence-electron chi connectivity index (χ0n) is 23.8. The summed E-state index contributed by atoms with van der Waals surface area (Å²) in [6.45, 7) is 11.1. The summed E-state index contributed by atoms with van der Waals surface area (Å²) >= 11 is 0. The zero-order chi connectivity index (χ0) is 26.5. The Bertz CT molecular complexity index is 1170. The average molecular weight is 495 g/mol. The predicted octanol–water partition coefficient (Wildman–Crippen LogP) is 10.4. The molecule has 0 aliphatic carbocycles. The normalized spacial score (nSPS) is 12.0. The third kappa shape index (κ3) is 8.52. The Labute approximate surface area is 226 Å². The minimum Gasteiger partial charge on any atom is -0.255 e. The number of aliphatic imine (C=N–C) groups is 2. The number of nitrogens with zero attached hydrogens (tertiary/aromatic N) is 2. The summed E-state index contributed by atoms with van der Waals surface area (Å²) in [6.07, 6.45) is 14.0. The lowest BCUT2D eigenvalue weighted by Gasteiger charge is -2.16. The maximum atomic E-state index is 4.89. The summed E-state index contributed by atoms with van der Waals surface area (Å²) in [4.78, 5) is 9.78. The molecule has 0 saturated heterocycles. The Morgan fingerprint density at radius 3 is 2.11 bits per heavy atom. The van der Waals surface area contributed by atoms with Crippen molar-refractivity contribution in [1.82, 2.24) is 0 Å². The number of benzene rings is 3. The van der Waals surface area contributed by atoms with E-state index < -0.39 is 0 Å². The van der Waals surface area contributed by atoms with Crippen LogP contribution in [0.4, 0.5) is 11.4 Å². The van der Waals surface area contributed by atoms with Gasteiger partial charge < -0.3 is 0 Å². The fourth-order valence-corrected chi connectivity index (χ4v) is 5.04. The molecule has 0 heterocycles. The van der Waals surface area contributed by atoms with E-state index in [0.29, 0.717) is 0 Å². The monoisotopic (exact) mass is 494 g/mol. The van der Waals surface area contributed by atoms with Crippen LogP contribution in [-0.2, 0) is 25.7 Å². The molecule has 196 valence electrons. The highest BCUT2D eigenvalue weighted by molar-refractivity contribution is 6.30. The first-order valence-corrected chi connectivity index (χ1v) is 14.5. The number of hydrogen-bond donors (Lipinski definition) is 0. The molecule has 0 unspecified atom stereocenters. The Hall–Kier alpha value is -3.00. The van der Waals surface area contributed by atoms with Crippen molar-refractivity contribution < 1.29 is 0 Å². The second kappa shape index (κ2) is 15.3. The Kier molecular flexibility index (Phi) is 11.8. The van der Waals surface area contributed by atoms with Gasteiger partial charge >= 0.3 is 0 Å². The first kappa shape index (κ1) is 28.6. The summed E-state index contributed by atoms with van der Waals surface area (Å²) in [5.41, 5.74) is 11.3. The number of hydrogen-bond acceptors (Lipinski definition) is 2. The summed E-state index contributed by atoms with van der Waals surface area (Å²) in [5, 5.41) is 0. The molecule has 0 aliphatic heterocycles. The Morgan fingerprint density at radius 2 is 1.41 bits per heavy atom. The van der Waals surface area contributed by atoms with Crippen molar-refractivity contribution in [2.24, 2.45) is 9.98 Å². The van der Waals surface area contributed by atoms with Crippen molar-refractivity contribution in [3.63, 3.8) is 0 Å². The molecule has 3 aromatic rings. The van der Waals surface area contributed by atoms with Crippen molar-refractivity contribution >= 4 is 23.3 Å². The molecule has 37 heavy (non-hydrogen) atoms. The van der Waals surface area contributed by atoms with E-state index in [1.165, 1.54) is 72.8 Å². The second-order valence-electron chi connectivity index (χ2n) is 10.1. The zero-order valence-corrected chi connectivity index (χ0v) is 23.8. The van der Waals surface area contributed by atoms with Gasteiger partial charge in [-0.2, -0.15) is 0 Å². The van der Waals surface area contributed by atoms with E-state index in [1.807, 2.05) is 13.1 Å². The highest BCUT2D eigenvalue weighted by Gasteiger charge is 2.10. The van der Waals surface area contributed by atoms with Crippen LogP contribution < -0.4 is 0 Å². The smallest absolute Gasteiger partial charge is 0.0639 e. The largest absolute Gasteiger partial charge is 0.255 e. The van der Waals surface area contributed by atoms with Crippen LogP contribution in [-0.4, -0.2) is 11.9 Å².